The Balaban J connectivity index is 1.82. The van der Waals surface area contributed by atoms with Gasteiger partial charge in [-0.15, -0.1) is 0 Å². The molecule has 0 radical (unpaired) electrons. The van der Waals surface area contributed by atoms with Crippen LogP contribution in [0.5, 0.6) is 11.5 Å². The maximum Gasteiger partial charge on any atom is 0.420 e. The zero-order valence-corrected chi connectivity index (χ0v) is 17.0. The molecule has 0 spiro atoms. The zero-order chi connectivity index (χ0) is 24.7. The van der Waals surface area contributed by atoms with Crippen LogP contribution in [-0.4, -0.2) is 9.91 Å². The third-order valence-corrected chi connectivity index (χ3v) is 5.09. The molecule has 0 aliphatic carbocycles. The molecular formula is C23H14F6N2O3. The van der Waals surface area contributed by atoms with Gasteiger partial charge in [0.05, 0.1) is 4.92 Å². The largest absolute Gasteiger partial charge is 0.456 e. The normalized spacial score (nSPS) is 12.2. The number of alkyl halides is 6. The summed E-state index contributed by atoms with van der Waals surface area (Å²) in [5.74, 6) is -1.84. The van der Waals surface area contributed by atoms with Gasteiger partial charge in [0.15, 0.2) is 5.75 Å². The molecule has 4 rings (SSSR count). The molecule has 3 aromatic carbocycles. The molecule has 0 unspecified atom stereocenters. The van der Waals surface area contributed by atoms with E-state index in [1.165, 1.54) is 18.2 Å². The summed E-state index contributed by atoms with van der Waals surface area (Å²) in [6, 6.07) is 13.3. The van der Waals surface area contributed by atoms with Crippen molar-refractivity contribution < 1.29 is 36.0 Å². The van der Waals surface area contributed by atoms with Crippen LogP contribution in [-0.2, 0) is 18.8 Å². The Kier molecular flexibility index (Phi) is 5.72. The number of nitro benzene ring substituents is 1. The summed E-state index contributed by atoms with van der Waals surface area (Å²) in [6.45, 7) is 0. The number of hydrogen-bond acceptors (Lipinski definition) is 3. The Hall–Kier alpha value is -4.02. The number of aromatic amines is 1. The maximum absolute atomic E-state index is 13.6. The number of ether oxygens (including phenoxy) is 1. The number of nitro groups is 1. The van der Waals surface area contributed by atoms with Gasteiger partial charge in [-0.05, 0) is 35.7 Å². The molecule has 0 saturated carbocycles. The molecule has 0 aliphatic rings. The number of fused-ring (bicyclic) bond motifs is 1. The van der Waals surface area contributed by atoms with E-state index < -0.39 is 39.8 Å². The second kappa shape index (κ2) is 8.40. The molecule has 0 amide bonds. The lowest BCUT2D eigenvalue weighted by Gasteiger charge is -2.19. The summed E-state index contributed by atoms with van der Waals surface area (Å²) in [7, 11) is 0. The summed E-state index contributed by atoms with van der Waals surface area (Å²) >= 11 is 0. The first-order valence-corrected chi connectivity index (χ1v) is 9.72. The summed E-state index contributed by atoms with van der Waals surface area (Å²) in [6.07, 6.45) is -8.52. The van der Waals surface area contributed by atoms with Gasteiger partial charge in [-0.1, -0.05) is 30.3 Å². The third-order valence-electron chi connectivity index (χ3n) is 5.09. The number of hydrogen-bond donors (Lipinski definition) is 1. The highest BCUT2D eigenvalue weighted by Gasteiger charge is 2.44. The standard InChI is InChI=1S/C23H14F6N2O3/c24-22(25,26)18-9-15(31(32)33)10-19(23(27,28)29)21(18)34-16-6-7-20-17(11-16)14(12-30-20)8-13-4-2-1-3-5-13/h1-7,9-12,30H,8H2. The molecule has 1 N–H and O–H groups in total. The van der Waals surface area contributed by atoms with Gasteiger partial charge >= 0.3 is 12.4 Å². The fourth-order valence-electron chi connectivity index (χ4n) is 3.55. The maximum atomic E-state index is 13.6. The SMILES string of the molecule is O=[N+]([O-])c1cc(C(F)(F)F)c(Oc2ccc3[nH]cc(Cc4ccccc4)c3c2)c(C(F)(F)F)c1. The molecule has 0 aliphatic heterocycles. The predicted octanol–water partition coefficient (Wildman–Crippen LogP) is 7.50. The van der Waals surface area contributed by atoms with Gasteiger partial charge in [-0.3, -0.25) is 10.1 Å². The van der Waals surface area contributed by atoms with Gasteiger partial charge in [-0.2, -0.15) is 26.3 Å². The van der Waals surface area contributed by atoms with Crippen LogP contribution in [0.25, 0.3) is 10.9 Å². The van der Waals surface area contributed by atoms with Crippen molar-refractivity contribution in [3.63, 3.8) is 0 Å². The number of nitrogens with one attached hydrogen (secondary N) is 1. The van der Waals surface area contributed by atoms with E-state index in [4.69, 9.17) is 4.74 Å². The highest BCUT2D eigenvalue weighted by Crippen LogP contribution is 2.48. The van der Waals surface area contributed by atoms with Gasteiger partial charge in [0.2, 0.25) is 0 Å². The van der Waals surface area contributed by atoms with E-state index in [1.807, 2.05) is 30.3 Å². The van der Waals surface area contributed by atoms with Crippen LogP contribution >= 0.6 is 0 Å². The molecule has 1 aromatic heterocycles. The zero-order valence-electron chi connectivity index (χ0n) is 17.0. The Labute approximate surface area is 187 Å². The predicted molar refractivity (Wildman–Crippen MR) is 111 cm³/mol. The van der Waals surface area contributed by atoms with E-state index in [1.54, 1.807) is 6.20 Å². The summed E-state index contributed by atoms with van der Waals surface area (Å²) < 4.78 is 86.7. The Morgan fingerprint density at radius 2 is 1.50 bits per heavy atom. The van der Waals surface area contributed by atoms with Crippen molar-refractivity contribution in [2.24, 2.45) is 0 Å². The summed E-state index contributed by atoms with van der Waals surface area (Å²) in [5, 5.41) is 11.5. The number of rotatable bonds is 5. The van der Waals surface area contributed by atoms with Crippen molar-refractivity contribution >= 4 is 16.6 Å². The molecule has 4 aromatic rings. The molecular weight excluding hydrogens is 466 g/mol. The molecule has 0 saturated heterocycles. The monoisotopic (exact) mass is 480 g/mol. The van der Waals surface area contributed by atoms with Crippen LogP contribution in [0.1, 0.15) is 22.3 Å². The van der Waals surface area contributed by atoms with Crippen molar-refractivity contribution in [1.82, 2.24) is 4.98 Å². The molecule has 176 valence electrons. The lowest BCUT2D eigenvalue weighted by molar-refractivity contribution is -0.385. The fourth-order valence-corrected chi connectivity index (χ4v) is 3.55. The van der Waals surface area contributed by atoms with Crippen molar-refractivity contribution in [3.05, 3.63) is 99.2 Å². The number of nitrogens with zero attached hydrogens (tertiary/aromatic N) is 1. The van der Waals surface area contributed by atoms with Gasteiger partial charge in [0.1, 0.15) is 16.9 Å². The average Bonchev–Trinajstić information content (AvgIpc) is 3.15. The van der Waals surface area contributed by atoms with Crippen LogP contribution in [0.2, 0.25) is 0 Å². The number of non-ortho nitro benzene ring substituents is 1. The van der Waals surface area contributed by atoms with Crippen LogP contribution in [0, 0.1) is 10.1 Å². The lowest BCUT2D eigenvalue weighted by Crippen LogP contribution is -2.15. The quantitative estimate of drug-likeness (QED) is 0.183. The van der Waals surface area contributed by atoms with Gasteiger partial charge in [0.25, 0.3) is 5.69 Å². The smallest absolute Gasteiger partial charge is 0.420 e. The Bertz CT molecular complexity index is 1330. The number of benzene rings is 3. The van der Waals surface area contributed by atoms with Crippen molar-refractivity contribution in [2.45, 2.75) is 18.8 Å². The summed E-state index contributed by atoms with van der Waals surface area (Å²) in [5.41, 5.74) is -2.83. The second-order valence-electron chi connectivity index (χ2n) is 7.41. The molecule has 0 bridgehead atoms. The Morgan fingerprint density at radius 1 is 0.882 bits per heavy atom. The molecule has 1 heterocycles. The highest BCUT2D eigenvalue weighted by atomic mass is 19.4. The van der Waals surface area contributed by atoms with Crippen LogP contribution in [0.15, 0.2) is 66.9 Å². The van der Waals surface area contributed by atoms with Gasteiger partial charge < -0.3 is 9.72 Å². The van der Waals surface area contributed by atoms with Crippen molar-refractivity contribution in [1.29, 1.82) is 0 Å². The van der Waals surface area contributed by atoms with Crippen LogP contribution < -0.4 is 4.74 Å². The fraction of sp³-hybridized carbons (Fsp3) is 0.130. The molecule has 34 heavy (non-hydrogen) atoms. The Morgan fingerprint density at radius 3 is 2.06 bits per heavy atom. The minimum atomic E-state index is -5.34. The summed E-state index contributed by atoms with van der Waals surface area (Å²) in [4.78, 5) is 12.6. The number of H-pyrrole nitrogens is 1. The minimum Gasteiger partial charge on any atom is -0.456 e. The first-order chi connectivity index (χ1) is 15.9. The number of aromatic nitrogens is 1. The minimum absolute atomic E-state index is 0.0280. The van der Waals surface area contributed by atoms with Gasteiger partial charge in [-0.25, -0.2) is 0 Å². The first kappa shape index (κ1) is 23.1. The van der Waals surface area contributed by atoms with Crippen LogP contribution in [0.4, 0.5) is 32.0 Å². The first-order valence-electron chi connectivity index (χ1n) is 9.72. The third kappa shape index (κ3) is 4.68. The van der Waals surface area contributed by atoms with E-state index in [0.717, 1.165) is 11.1 Å². The van der Waals surface area contributed by atoms with E-state index >= 15 is 0 Å². The van der Waals surface area contributed by atoms with Crippen molar-refractivity contribution in [3.8, 4) is 11.5 Å². The molecule has 11 heteroatoms. The van der Waals surface area contributed by atoms with Crippen molar-refractivity contribution in [2.75, 3.05) is 0 Å². The average molecular weight is 480 g/mol. The highest BCUT2D eigenvalue weighted by molar-refractivity contribution is 5.85. The van der Waals surface area contributed by atoms with E-state index in [0.29, 0.717) is 17.3 Å². The molecule has 0 fully saturated rings. The van der Waals surface area contributed by atoms with E-state index in [-0.39, 0.29) is 17.9 Å². The van der Waals surface area contributed by atoms with E-state index in [2.05, 4.69) is 4.98 Å². The van der Waals surface area contributed by atoms with E-state index in [9.17, 15) is 36.5 Å². The van der Waals surface area contributed by atoms with Crippen LogP contribution in [0.3, 0.4) is 0 Å². The molecule has 0 atom stereocenters. The topological polar surface area (TPSA) is 68.2 Å². The molecule has 5 nitrogen and oxygen atoms in total. The second-order valence-corrected chi connectivity index (χ2v) is 7.41. The number of halogens is 6. The van der Waals surface area contributed by atoms with Gasteiger partial charge in [0, 0.05) is 29.2 Å². The lowest BCUT2D eigenvalue weighted by atomic mass is 10.0.